The van der Waals surface area contributed by atoms with Crippen LogP contribution in [0.5, 0.6) is 0 Å². The Morgan fingerprint density at radius 1 is 1.33 bits per heavy atom. The summed E-state index contributed by atoms with van der Waals surface area (Å²) in [7, 11) is 1.47. The van der Waals surface area contributed by atoms with Crippen LogP contribution in [0.3, 0.4) is 0 Å². The minimum Gasteiger partial charge on any atom is -0.469 e. The second kappa shape index (κ2) is 5.55. The molecule has 1 saturated carbocycles. The topological polar surface area (TPSA) is 26.3 Å². The number of benzene rings is 1. The fraction of sp³-hybridized carbons (Fsp3) is 0.562. The van der Waals surface area contributed by atoms with Gasteiger partial charge >= 0.3 is 5.97 Å². The van der Waals surface area contributed by atoms with E-state index in [0.717, 1.165) is 5.56 Å². The molecule has 0 N–H and O–H groups in total. The van der Waals surface area contributed by atoms with Crippen LogP contribution in [0, 0.1) is 5.92 Å². The Morgan fingerprint density at radius 2 is 2.06 bits per heavy atom. The first kappa shape index (κ1) is 13.1. The zero-order valence-electron chi connectivity index (χ0n) is 11.5. The molecule has 2 heteroatoms. The maximum absolute atomic E-state index is 11.9. The Hall–Kier alpha value is -1.31. The smallest absolute Gasteiger partial charge is 0.313 e. The number of hydrogen-bond donors (Lipinski definition) is 0. The van der Waals surface area contributed by atoms with Gasteiger partial charge in [-0.05, 0) is 35.8 Å². The third kappa shape index (κ3) is 2.58. The molecule has 0 radical (unpaired) electrons. The highest BCUT2D eigenvalue weighted by molar-refractivity contribution is 5.78. The quantitative estimate of drug-likeness (QED) is 0.754. The van der Waals surface area contributed by atoms with Crippen molar-refractivity contribution in [1.82, 2.24) is 0 Å². The van der Waals surface area contributed by atoms with Crippen LogP contribution in [0.2, 0.25) is 0 Å². The highest BCUT2D eigenvalue weighted by Crippen LogP contribution is 2.37. The summed E-state index contributed by atoms with van der Waals surface area (Å²) in [5, 5.41) is 0. The van der Waals surface area contributed by atoms with Crippen LogP contribution >= 0.6 is 0 Å². The van der Waals surface area contributed by atoms with E-state index in [0.29, 0.717) is 5.92 Å². The summed E-state index contributed by atoms with van der Waals surface area (Å²) in [6.07, 6.45) is 3.90. The Labute approximate surface area is 109 Å². The van der Waals surface area contributed by atoms with Crippen molar-refractivity contribution < 1.29 is 9.53 Å². The van der Waals surface area contributed by atoms with Crippen LogP contribution in [-0.4, -0.2) is 13.1 Å². The van der Waals surface area contributed by atoms with Crippen LogP contribution in [0.25, 0.3) is 0 Å². The van der Waals surface area contributed by atoms with Crippen molar-refractivity contribution in [3.05, 3.63) is 35.4 Å². The normalized spacial score (nSPS) is 17.3. The highest BCUT2D eigenvalue weighted by Gasteiger charge is 2.26. The molecule has 1 fully saturated rings. The van der Waals surface area contributed by atoms with Crippen molar-refractivity contribution in [3.63, 3.8) is 0 Å². The predicted octanol–water partition coefficient (Wildman–Crippen LogP) is 3.87. The van der Waals surface area contributed by atoms with Crippen LogP contribution in [-0.2, 0) is 9.53 Å². The summed E-state index contributed by atoms with van der Waals surface area (Å²) in [6, 6.07) is 8.50. The molecule has 1 unspecified atom stereocenters. The highest BCUT2D eigenvalue weighted by atomic mass is 16.5. The number of hydrogen-bond acceptors (Lipinski definition) is 2. The molecule has 0 aromatic heterocycles. The molecule has 0 heterocycles. The lowest BCUT2D eigenvalue weighted by atomic mass is 9.78. The fourth-order valence-corrected chi connectivity index (χ4v) is 2.67. The summed E-state index contributed by atoms with van der Waals surface area (Å²) in [5.41, 5.74) is 2.48. The molecule has 1 aliphatic carbocycles. The maximum atomic E-state index is 11.9. The number of rotatable bonds is 4. The van der Waals surface area contributed by atoms with Gasteiger partial charge in [0.05, 0.1) is 13.0 Å². The molecule has 1 atom stereocenters. The van der Waals surface area contributed by atoms with Gasteiger partial charge in [-0.25, -0.2) is 0 Å². The van der Waals surface area contributed by atoms with Gasteiger partial charge in [-0.15, -0.1) is 0 Å². The SMILES string of the molecule is COC(=O)C(c1cccc(C2CCC2)c1)C(C)C. The van der Waals surface area contributed by atoms with Gasteiger partial charge in [0.25, 0.3) is 0 Å². The summed E-state index contributed by atoms with van der Waals surface area (Å²) < 4.78 is 4.93. The largest absolute Gasteiger partial charge is 0.469 e. The van der Waals surface area contributed by atoms with Gasteiger partial charge in [-0.3, -0.25) is 4.79 Å². The Kier molecular flexibility index (Phi) is 4.05. The van der Waals surface area contributed by atoms with Crippen LogP contribution in [0.1, 0.15) is 56.1 Å². The average molecular weight is 246 g/mol. The summed E-state index contributed by atoms with van der Waals surface area (Å²) in [4.78, 5) is 11.9. The lowest BCUT2D eigenvalue weighted by Crippen LogP contribution is -2.20. The van der Waals surface area contributed by atoms with Crippen LogP contribution in [0.15, 0.2) is 24.3 Å². The predicted molar refractivity (Wildman–Crippen MR) is 72.6 cm³/mol. The van der Waals surface area contributed by atoms with E-state index in [1.807, 2.05) is 6.07 Å². The third-order valence-electron chi connectivity index (χ3n) is 3.97. The van der Waals surface area contributed by atoms with E-state index in [4.69, 9.17) is 4.74 Å². The Balaban J connectivity index is 2.26. The van der Waals surface area contributed by atoms with Gasteiger partial charge in [-0.1, -0.05) is 44.5 Å². The van der Waals surface area contributed by atoms with Gasteiger partial charge in [0.1, 0.15) is 0 Å². The van der Waals surface area contributed by atoms with Crippen molar-refractivity contribution in [2.24, 2.45) is 5.92 Å². The first-order chi connectivity index (χ1) is 8.63. The standard InChI is InChI=1S/C16H22O2/c1-11(2)15(16(17)18-3)14-9-5-8-13(10-14)12-6-4-7-12/h5,8-12,15H,4,6-7H2,1-3H3. The van der Waals surface area contributed by atoms with E-state index in [1.54, 1.807) is 0 Å². The summed E-state index contributed by atoms with van der Waals surface area (Å²) in [6.45, 7) is 4.13. The lowest BCUT2D eigenvalue weighted by Gasteiger charge is -2.27. The molecule has 18 heavy (non-hydrogen) atoms. The van der Waals surface area contributed by atoms with Gasteiger partial charge in [0.15, 0.2) is 0 Å². The second-order valence-electron chi connectivity index (χ2n) is 5.54. The lowest BCUT2D eigenvalue weighted by molar-refractivity contribution is -0.143. The Morgan fingerprint density at radius 3 is 2.56 bits per heavy atom. The first-order valence-electron chi connectivity index (χ1n) is 6.81. The van der Waals surface area contributed by atoms with Crippen molar-refractivity contribution in [2.75, 3.05) is 7.11 Å². The minimum absolute atomic E-state index is 0.129. The zero-order valence-corrected chi connectivity index (χ0v) is 11.5. The molecule has 0 aliphatic heterocycles. The molecular weight excluding hydrogens is 224 g/mol. The molecule has 1 aromatic carbocycles. The van der Waals surface area contributed by atoms with E-state index in [9.17, 15) is 4.79 Å². The molecule has 0 spiro atoms. The number of carbonyl (C=O) groups is 1. The van der Waals surface area contributed by atoms with Gasteiger partial charge < -0.3 is 4.74 Å². The monoisotopic (exact) mass is 246 g/mol. The third-order valence-corrected chi connectivity index (χ3v) is 3.97. The van der Waals surface area contributed by atoms with Crippen molar-refractivity contribution in [2.45, 2.75) is 44.9 Å². The maximum Gasteiger partial charge on any atom is 0.313 e. The molecule has 2 rings (SSSR count). The molecule has 0 amide bonds. The molecule has 1 aromatic rings. The molecular formula is C16H22O2. The second-order valence-corrected chi connectivity index (χ2v) is 5.54. The molecule has 1 aliphatic rings. The molecule has 0 saturated heterocycles. The average Bonchev–Trinajstić information content (AvgIpc) is 2.26. The van der Waals surface area contributed by atoms with Crippen molar-refractivity contribution >= 4 is 5.97 Å². The van der Waals surface area contributed by atoms with E-state index in [2.05, 4.69) is 32.0 Å². The number of ether oxygens (including phenoxy) is 1. The molecule has 0 bridgehead atoms. The van der Waals surface area contributed by atoms with Crippen molar-refractivity contribution in [3.8, 4) is 0 Å². The number of methoxy groups -OCH3 is 1. The first-order valence-corrected chi connectivity index (χ1v) is 6.81. The zero-order chi connectivity index (χ0) is 13.1. The molecule has 2 nitrogen and oxygen atoms in total. The minimum atomic E-state index is -0.143. The molecule has 98 valence electrons. The van der Waals surface area contributed by atoms with Gasteiger partial charge in [-0.2, -0.15) is 0 Å². The van der Waals surface area contributed by atoms with Gasteiger partial charge in [0.2, 0.25) is 0 Å². The number of carbonyl (C=O) groups excluding carboxylic acids is 1. The van der Waals surface area contributed by atoms with E-state index >= 15 is 0 Å². The van der Waals surface area contributed by atoms with Crippen molar-refractivity contribution in [1.29, 1.82) is 0 Å². The van der Waals surface area contributed by atoms with Crippen LogP contribution in [0.4, 0.5) is 0 Å². The fourth-order valence-electron chi connectivity index (χ4n) is 2.67. The number of esters is 1. The van der Waals surface area contributed by atoms with Gasteiger partial charge in [0, 0.05) is 0 Å². The van der Waals surface area contributed by atoms with E-state index in [-0.39, 0.29) is 17.8 Å². The van der Waals surface area contributed by atoms with E-state index in [1.165, 1.54) is 31.9 Å². The summed E-state index contributed by atoms with van der Waals surface area (Å²) in [5.74, 6) is 0.690. The Bertz CT molecular complexity index is 419. The van der Waals surface area contributed by atoms with E-state index < -0.39 is 0 Å². The van der Waals surface area contributed by atoms with Crippen LogP contribution < -0.4 is 0 Å². The summed E-state index contributed by atoms with van der Waals surface area (Å²) >= 11 is 0.